The quantitative estimate of drug-likeness (QED) is 0.186. The van der Waals surface area contributed by atoms with Crippen LogP contribution in [0.1, 0.15) is 11.1 Å². The van der Waals surface area contributed by atoms with Crippen LogP contribution in [0.4, 0.5) is 38.1 Å². The van der Waals surface area contributed by atoms with Gasteiger partial charge >= 0.3 is 12.3 Å². The molecule has 4 rings (SSSR count). The van der Waals surface area contributed by atoms with Gasteiger partial charge in [-0.2, -0.15) is 13.2 Å². The van der Waals surface area contributed by atoms with Crippen LogP contribution >= 0.6 is 11.6 Å². The number of hydrogen-bond acceptors (Lipinski definition) is 7. The Hall–Kier alpha value is -4.24. The maximum absolute atomic E-state index is 14.6. The molecule has 2 atom stereocenters. The van der Waals surface area contributed by atoms with Crippen molar-refractivity contribution in [1.82, 2.24) is 10.6 Å². The van der Waals surface area contributed by atoms with E-state index in [1.54, 1.807) is 29.6 Å². The molecule has 246 valence electrons. The lowest BCUT2D eigenvalue weighted by molar-refractivity contribution is -0.123. The number of amides is 2. The number of carbonyl (C=O) groups is 2. The van der Waals surface area contributed by atoms with Crippen molar-refractivity contribution in [2.45, 2.75) is 24.7 Å². The van der Waals surface area contributed by atoms with E-state index in [0.717, 1.165) is 0 Å². The topological polar surface area (TPSA) is 115 Å². The SMILES string of the molecule is C=C(OC(=O)NCC(F)(F)F)C1COC(COc2cccc(Cl)c2N(C(=O)CN)c2cc(F)ccc2Cc2ccc(F)cc2)CN1. The highest BCUT2D eigenvalue weighted by Gasteiger charge is 2.31. The fourth-order valence-electron chi connectivity index (χ4n) is 4.54. The Morgan fingerprint density at radius 1 is 1.11 bits per heavy atom. The van der Waals surface area contributed by atoms with Gasteiger partial charge in [-0.05, 0) is 53.9 Å². The number of alkyl halides is 3. The maximum atomic E-state index is 14.6. The Labute approximate surface area is 266 Å². The molecule has 1 heterocycles. The molecule has 0 aliphatic carbocycles. The number of halogens is 6. The van der Waals surface area contributed by atoms with Gasteiger partial charge in [-0.1, -0.05) is 42.4 Å². The number of nitrogens with one attached hydrogen (secondary N) is 2. The summed E-state index contributed by atoms with van der Waals surface area (Å²) >= 11 is 6.60. The Bertz CT molecular complexity index is 1550. The minimum atomic E-state index is -4.60. The van der Waals surface area contributed by atoms with E-state index in [4.69, 9.17) is 31.5 Å². The van der Waals surface area contributed by atoms with E-state index in [0.29, 0.717) is 11.1 Å². The van der Waals surface area contributed by atoms with Crippen molar-refractivity contribution in [2.24, 2.45) is 5.73 Å². The van der Waals surface area contributed by atoms with Gasteiger partial charge in [0.1, 0.15) is 48.1 Å². The summed E-state index contributed by atoms with van der Waals surface area (Å²) in [6.07, 6.45) is -6.23. The lowest BCUT2D eigenvalue weighted by atomic mass is 10.0. The number of rotatable bonds is 11. The third-order valence-corrected chi connectivity index (χ3v) is 7.06. The lowest BCUT2D eigenvalue weighted by Gasteiger charge is -2.32. The first kappa shape index (κ1) is 34.6. The second-order valence-corrected chi connectivity index (χ2v) is 10.6. The average Bonchev–Trinajstić information content (AvgIpc) is 3.02. The van der Waals surface area contributed by atoms with Crippen molar-refractivity contribution in [3.63, 3.8) is 0 Å². The van der Waals surface area contributed by atoms with Crippen LogP contribution in [0.25, 0.3) is 0 Å². The molecule has 2 amide bonds. The molecular formula is C31H30ClF5N4O5. The van der Waals surface area contributed by atoms with E-state index in [1.807, 2.05) is 0 Å². The molecule has 0 saturated carbocycles. The van der Waals surface area contributed by atoms with E-state index >= 15 is 0 Å². The first-order valence-electron chi connectivity index (χ1n) is 13.9. The van der Waals surface area contributed by atoms with Crippen molar-refractivity contribution in [2.75, 3.05) is 37.7 Å². The van der Waals surface area contributed by atoms with Crippen molar-refractivity contribution in [1.29, 1.82) is 0 Å². The molecule has 0 radical (unpaired) electrons. The van der Waals surface area contributed by atoms with Gasteiger partial charge in [-0.25, -0.2) is 13.6 Å². The summed E-state index contributed by atoms with van der Waals surface area (Å²) in [7, 11) is 0. The molecule has 9 nitrogen and oxygen atoms in total. The van der Waals surface area contributed by atoms with Gasteiger partial charge in [0.15, 0.2) is 0 Å². The highest BCUT2D eigenvalue weighted by molar-refractivity contribution is 6.34. The molecule has 0 bridgehead atoms. The fraction of sp³-hybridized carbons (Fsp3) is 0.290. The Morgan fingerprint density at radius 3 is 2.48 bits per heavy atom. The van der Waals surface area contributed by atoms with E-state index in [2.05, 4.69) is 11.9 Å². The zero-order valence-electron chi connectivity index (χ0n) is 24.2. The van der Waals surface area contributed by atoms with Gasteiger partial charge in [0.25, 0.3) is 0 Å². The van der Waals surface area contributed by atoms with Crippen LogP contribution in [0.5, 0.6) is 5.75 Å². The number of nitrogens with two attached hydrogens (primary N) is 1. The van der Waals surface area contributed by atoms with Crippen LogP contribution in [0.3, 0.4) is 0 Å². The highest BCUT2D eigenvalue weighted by Crippen LogP contribution is 2.42. The molecule has 46 heavy (non-hydrogen) atoms. The standard InChI is InChI=1S/C31H30ClF5N4O5/c1-18(46-30(43)40-17-31(35,36)37)25-16-44-23(14-39-25)15-45-27-4-2-3-24(32)29(27)41(28(42)13-38)26-12-22(34)10-7-20(26)11-19-5-8-21(33)9-6-19/h2-10,12,23,25,39H,1,11,13-17,38H2,(H,40,43). The van der Waals surface area contributed by atoms with E-state index < -0.39 is 55.0 Å². The van der Waals surface area contributed by atoms with Gasteiger partial charge in [-0.3, -0.25) is 9.69 Å². The molecule has 1 aliphatic heterocycles. The third kappa shape index (κ3) is 9.39. The van der Waals surface area contributed by atoms with Crippen molar-refractivity contribution in [3.8, 4) is 5.75 Å². The molecule has 2 unspecified atom stereocenters. The number of carbonyl (C=O) groups excluding carboxylic acids is 2. The van der Waals surface area contributed by atoms with Gasteiger partial charge in [0.2, 0.25) is 5.91 Å². The molecule has 3 aromatic rings. The summed E-state index contributed by atoms with van der Waals surface area (Å²) in [6, 6.07) is 13.7. The summed E-state index contributed by atoms with van der Waals surface area (Å²) in [4.78, 5) is 26.1. The molecule has 1 aliphatic rings. The first-order valence-corrected chi connectivity index (χ1v) is 14.3. The van der Waals surface area contributed by atoms with Crippen LogP contribution in [-0.4, -0.2) is 63.2 Å². The van der Waals surface area contributed by atoms with Gasteiger partial charge in [0.05, 0.1) is 29.9 Å². The second kappa shape index (κ2) is 15.4. The highest BCUT2D eigenvalue weighted by atomic mass is 35.5. The van der Waals surface area contributed by atoms with Crippen molar-refractivity contribution < 1.29 is 45.8 Å². The van der Waals surface area contributed by atoms with Crippen LogP contribution < -0.4 is 26.0 Å². The first-order chi connectivity index (χ1) is 21.8. The lowest BCUT2D eigenvalue weighted by Crippen LogP contribution is -2.50. The van der Waals surface area contributed by atoms with Crippen LogP contribution in [0, 0.1) is 11.6 Å². The maximum Gasteiger partial charge on any atom is 0.412 e. The molecule has 15 heteroatoms. The van der Waals surface area contributed by atoms with Crippen LogP contribution in [0.2, 0.25) is 5.02 Å². The normalized spacial score (nSPS) is 16.4. The van der Waals surface area contributed by atoms with Gasteiger partial charge < -0.3 is 30.6 Å². The van der Waals surface area contributed by atoms with Gasteiger partial charge in [0, 0.05) is 6.54 Å². The number of nitrogens with zero attached hydrogens (tertiary/aromatic N) is 1. The summed E-state index contributed by atoms with van der Waals surface area (Å²) in [6.45, 7) is 1.64. The molecule has 0 aromatic heterocycles. The van der Waals surface area contributed by atoms with E-state index in [-0.39, 0.29) is 54.1 Å². The van der Waals surface area contributed by atoms with Crippen molar-refractivity contribution >= 4 is 35.0 Å². The zero-order chi connectivity index (χ0) is 33.4. The zero-order valence-corrected chi connectivity index (χ0v) is 25.0. The smallest absolute Gasteiger partial charge is 0.412 e. The molecule has 4 N–H and O–H groups in total. The number of benzene rings is 3. The number of ether oxygens (including phenoxy) is 3. The average molecular weight is 669 g/mol. The summed E-state index contributed by atoms with van der Waals surface area (Å²) in [5, 5.41) is 4.72. The molecule has 3 aromatic carbocycles. The Morgan fingerprint density at radius 2 is 1.83 bits per heavy atom. The Balaban J connectivity index is 1.48. The summed E-state index contributed by atoms with van der Waals surface area (Å²) in [5.74, 6) is -1.63. The minimum absolute atomic E-state index is 0.0460. The molecule has 1 fully saturated rings. The van der Waals surface area contributed by atoms with Crippen LogP contribution in [0.15, 0.2) is 73.0 Å². The number of alkyl carbamates (subject to hydrolysis) is 1. The van der Waals surface area contributed by atoms with E-state index in [9.17, 15) is 31.5 Å². The molecular weight excluding hydrogens is 639 g/mol. The monoisotopic (exact) mass is 668 g/mol. The third-order valence-electron chi connectivity index (χ3n) is 6.75. The largest absolute Gasteiger partial charge is 0.489 e. The molecule has 0 spiro atoms. The predicted molar refractivity (Wildman–Crippen MR) is 160 cm³/mol. The molecule has 1 saturated heterocycles. The summed E-state index contributed by atoms with van der Waals surface area (Å²) < 4.78 is 81.7. The number of hydrogen-bond donors (Lipinski definition) is 3. The van der Waals surface area contributed by atoms with Crippen LogP contribution in [-0.2, 0) is 20.7 Å². The van der Waals surface area contributed by atoms with Crippen molar-refractivity contribution in [3.05, 3.63) is 101 Å². The second-order valence-electron chi connectivity index (χ2n) is 10.1. The number of anilines is 2. The number of para-hydroxylation sites is 1. The Kier molecular flexibility index (Phi) is 11.6. The van der Waals surface area contributed by atoms with Gasteiger partial charge in [-0.15, -0.1) is 0 Å². The fourth-order valence-corrected chi connectivity index (χ4v) is 4.79. The predicted octanol–water partition coefficient (Wildman–Crippen LogP) is 5.37. The summed E-state index contributed by atoms with van der Waals surface area (Å²) in [5.41, 5.74) is 7.28. The minimum Gasteiger partial charge on any atom is -0.489 e. The number of morpholine rings is 1. The van der Waals surface area contributed by atoms with E-state index in [1.165, 1.54) is 41.3 Å².